The molecule has 0 fully saturated rings. The topological polar surface area (TPSA) is 68.6 Å². The first-order chi connectivity index (χ1) is 16.8. The van der Waals surface area contributed by atoms with Gasteiger partial charge in [0.25, 0.3) is 11.5 Å². The fourth-order valence-electron chi connectivity index (χ4n) is 4.31. The van der Waals surface area contributed by atoms with E-state index in [1.165, 1.54) is 23.0 Å². The summed E-state index contributed by atoms with van der Waals surface area (Å²) in [7, 11) is 3.26. The number of thiophene rings is 1. The summed E-state index contributed by atoms with van der Waals surface area (Å²) in [6.45, 7) is 4.85. The quantitative estimate of drug-likeness (QED) is 0.249. The van der Waals surface area contributed by atoms with Gasteiger partial charge < -0.3 is 9.64 Å². The smallest absolute Gasteiger partial charge is 0.267 e. The number of ketones is 1. The molecule has 0 saturated carbocycles. The lowest BCUT2D eigenvalue weighted by molar-refractivity contribution is 0.0793. The van der Waals surface area contributed by atoms with E-state index in [1.807, 2.05) is 30.3 Å². The van der Waals surface area contributed by atoms with Gasteiger partial charge in [-0.15, -0.1) is 23.7 Å². The van der Waals surface area contributed by atoms with Crippen molar-refractivity contribution in [1.29, 1.82) is 0 Å². The number of aromatic nitrogens is 1. The number of benzene rings is 2. The number of amides is 1. The van der Waals surface area contributed by atoms with Crippen LogP contribution in [0.25, 0.3) is 21.0 Å². The Hall–Kier alpha value is -3.16. The summed E-state index contributed by atoms with van der Waals surface area (Å²) < 4.78 is 7.84. The number of fused-ring (bicyclic) bond motifs is 3. The Labute approximate surface area is 220 Å². The van der Waals surface area contributed by atoms with E-state index in [2.05, 4.69) is 13.8 Å². The highest BCUT2D eigenvalue weighted by Gasteiger charge is 2.27. The number of rotatable bonds is 9. The maximum atomic E-state index is 13.8. The Kier molecular flexibility index (Phi) is 8.93. The van der Waals surface area contributed by atoms with Crippen LogP contribution in [0, 0.1) is 5.92 Å². The summed E-state index contributed by atoms with van der Waals surface area (Å²) in [4.78, 5) is 42.2. The number of halogens is 1. The van der Waals surface area contributed by atoms with Crippen molar-refractivity contribution in [3.05, 3.63) is 75.4 Å². The number of carbonyl (C=O) groups excluding carboxylic acids is 2. The van der Waals surface area contributed by atoms with Gasteiger partial charge in [0.2, 0.25) is 0 Å². The third-order valence-corrected chi connectivity index (χ3v) is 7.37. The summed E-state index contributed by atoms with van der Waals surface area (Å²) >= 11 is 1.28. The van der Waals surface area contributed by atoms with E-state index in [-0.39, 0.29) is 42.0 Å². The van der Waals surface area contributed by atoms with Crippen LogP contribution >= 0.6 is 23.7 Å². The molecule has 190 valence electrons. The van der Waals surface area contributed by atoms with Gasteiger partial charge in [0, 0.05) is 24.5 Å². The number of para-hydroxylation sites is 1. The first-order valence-corrected chi connectivity index (χ1v) is 12.6. The summed E-state index contributed by atoms with van der Waals surface area (Å²) in [5.41, 5.74) is 0.861. The van der Waals surface area contributed by atoms with E-state index in [4.69, 9.17) is 4.74 Å². The molecule has 4 rings (SSSR count). The summed E-state index contributed by atoms with van der Waals surface area (Å²) in [6.07, 6.45) is 1.94. The number of Topliss-reactive ketones (excluding diaryl/α,β-unsaturated/α-hetero) is 1. The third-order valence-electron chi connectivity index (χ3n) is 6.18. The van der Waals surface area contributed by atoms with E-state index < -0.39 is 0 Å². The van der Waals surface area contributed by atoms with Crippen molar-refractivity contribution in [1.82, 2.24) is 9.47 Å². The predicted molar refractivity (Wildman–Crippen MR) is 149 cm³/mol. The van der Waals surface area contributed by atoms with Crippen LogP contribution in [0.15, 0.2) is 59.4 Å². The molecule has 2 aromatic carbocycles. The van der Waals surface area contributed by atoms with Crippen molar-refractivity contribution >= 4 is 56.4 Å². The van der Waals surface area contributed by atoms with Gasteiger partial charge >= 0.3 is 0 Å². The van der Waals surface area contributed by atoms with E-state index in [0.29, 0.717) is 38.5 Å². The molecule has 0 bridgehead atoms. The minimum absolute atomic E-state index is 0. The number of nitrogens with zero attached hydrogens (tertiary/aromatic N) is 2. The standard InChI is InChI=1S/C28H30N2O4S.ClH/c1-18(2)11-10-16-29(3)28(33)26-24(34-4)23-25(35-26)20-14-8-9-15-21(20)30(27(23)32)17-22(31)19-12-6-5-7-13-19;/h5-9,12-15,18H,10-11,16-17H2,1-4H3;1H. The second-order valence-electron chi connectivity index (χ2n) is 9.13. The van der Waals surface area contributed by atoms with Crippen molar-refractivity contribution in [3.8, 4) is 5.75 Å². The van der Waals surface area contributed by atoms with Crippen molar-refractivity contribution in [2.45, 2.75) is 33.2 Å². The molecular formula is C28H31ClN2O4S. The maximum Gasteiger partial charge on any atom is 0.267 e. The highest BCUT2D eigenvalue weighted by Crippen LogP contribution is 2.40. The molecule has 8 heteroatoms. The maximum absolute atomic E-state index is 13.8. The average molecular weight is 527 g/mol. The lowest BCUT2D eigenvalue weighted by atomic mass is 10.1. The summed E-state index contributed by atoms with van der Waals surface area (Å²) in [5.74, 6) is 0.526. The Balaban J connectivity index is 0.00000361. The zero-order valence-corrected chi connectivity index (χ0v) is 22.6. The van der Waals surface area contributed by atoms with E-state index in [0.717, 1.165) is 18.2 Å². The molecule has 36 heavy (non-hydrogen) atoms. The van der Waals surface area contributed by atoms with E-state index in [1.54, 1.807) is 36.2 Å². The fourth-order valence-corrected chi connectivity index (χ4v) is 5.60. The SMILES string of the molecule is COc1c(C(=O)N(C)CCCC(C)C)sc2c1c(=O)n(CC(=O)c1ccccc1)c1ccccc21.Cl. The monoisotopic (exact) mass is 526 g/mol. The van der Waals surface area contributed by atoms with Crippen LogP contribution < -0.4 is 10.3 Å². The number of hydrogen-bond donors (Lipinski definition) is 0. The predicted octanol–water partition coefficient (Wildman–Crippen LogP) is 6.04. The Morgan fingerprint density at radius 1 is 1.06 bits per heavy atom. The molecule has 0 N–H and O–H groups in total. The van der Waals surface area contributed by atoms with Gasteiger partial charge in [-0.05, 0) is 24.8 Å². The highest BCUT2D eigenvalue weighted by atomic mass is 35.5. The Bertz CT molecular complexity index is 1440. The van der Waals surface area contributed by atoms with Crippen LogP contribution in [0.4, 0.5) is 0 Å². The van der Waals surface area contributed by atoms with Gasteiger partial charge in [-0.2, -0.15) is 0 Å². The molecule has 6 nitrogen and oxygen atoms in total. The van der Waals surface area contributed by atoms with Crippen molar-refractivity contribution in [2.75, 3.05) is 20.7 Å². The highest BCUT2D eigenvalue weighted by molar-refractivity contribution is 7.22. The van der Waals surface area contributed by atoms with Crippen LogP contribution in [0.3, 0.4) is 0 Å². The van der Waals surface area contributed by atoms with Crippen LogP contribution in [-0.2, 0) is 6.54 Å². The number of pyridine rings is 1. The van der Waals surface area contributed by atoms with Gasteiger partial charge in [-0.25, -0.2) is 0 Å². The molecule has 0 radical (unpaired) electrons. The lowest BCUT2D eigenvalue weighted by Gasteiger charge is -2.17. The average Bonchev–Trinajstić information content (AvgIpc) is 3.26. The summed E-state index contributed by atoms with van der Waals surface area (Å²) in [5, 5.41) is 1.16. The second kappa shape index (κ2) is 11.7. The largest absolute Gasteiger partial charge is 0.494 e. The molecule has 0 atom stereocenters. The van der Waals surface area contributed by atoms with Gasteiger partial charge in [0.15, 0.2) is 11.5 Å². The molecule has 2 heterocycles. The van der Waals surface area contributed by atoms with Gasteiger partial charge in [0.05, 0.1) is 23.9 Å². The van der Waals surface area contributed by atoms with Crippen molar-refractivity contribution in [3.63, 3.8) is 0 Å². The normalized spacial score (nSPS) is 11.0. The molecule has 0 saturated heterocycles. The Morgan fingerprint density at radius 3 is 2.39 bits per heavy atom. The molecule has 2 aromatic heterocycles. The first-order valence-electron chi connectivity index (χ1n) is 11.8. The number of carbonyl (C=O) groups is 2. The van der Waals surface area contributed by atoms with Gasteiger partial charge in [-0.1, -0.05) is 62.4 Å². The molecule has 0 spiro atoms. The van der Waals surface area contributed by atoms with Crippen molar-refractivity contribution in [2.24, 2.45) is 5.92 Å². The van der Waals surface area contributed by atoms with Crippen LogP contribution in [-0.4, -0.2) is 41.9 Å². The number of ether oxygens (including phenoxy) is 1. The molecule has 1 amide bonds. The molecule has 0 aliphatic carbocycles. The number of hydrogen-bond acceptors (Lipinski definition) is 5. The van der Waals surface area contributed by atoms with E-state index in [9.17, 15) is 14.4 Å². The van der Waals surface area contributed by atoms with Crippen molar-refractivity contribution < 1.29 is 14.3 Å². The van der Waals surface area contributed by atoms with Gasteiger partial charge in [0.1, 0.15) is 10.3 Å². The molecule has 4 aromatic rings. The molecule has 0 aliphatic heterocycles. The Morgan fingerprint density at radius 2 is 1.72 bits per heavy atom. The van der Waals surface area contributed by atoms with E-state index >= 15 is 0 Å². The third kappa shape index (κ3) is 5.32. The second-order valence-corrected chi connectivity index (χ2v) is 10.1. The molecule has 0 aliphatic rings. The van der Waals surface area contributed by atoms with Crippen LogP contribution in [0.5, 0.6) is 5.75 Å². The minimum atomic E-state index is -0.336. The van der Waals surface area contributed by atoms with Gasteiger partial charge in [-0.3, -0.25) is 19.0 Å². The lowest BCUT2D eigenvalue weighted by Crippen LogP contribution is -2.28. The fraction of sp³-hybridized carbons (Fsp3) is 0.321. The zero-order valence-electron chi connectivity index (χ0n) is 20.9. The zero-order chi connectivity index (χ0) is 25.1. The van der Waals surface area contributed by atoms with Crippen LogP contribution in [0.2, 0.25) is 0 Å². The minimum Gasteiger partial charge on any atom is -0.494 e. The van der Waals surface area contributed by atoms with Crippen LogP contribution in [0.1, 0.15) is 46.7 Å². The summed E-state index contributed by atoms with van der Waals surface area (Å²) in [6, 6.07) is 16.4. The first kappa shape index (κ1) is 27.4. The molecular weight excluding hydrogens is 496 g/mol. The number of methoxy groups -OCH3 is 1. The molecule has 0 unspecified atom stereocenters.